The van der Waals surface area contributed by atoms with E-state index in [1.165, 1.54) is 6.07 Å². The molecule has 0 bridgehead atoms. The fraction of sp³-hybridized carbons (Fsp3) is 0.636. The number of thioether (sulfide) groups is 1. The highest BCUT2D eigenvalue weighted by molar-refractivity contribution is 9.09. The van der Waals surface area contributed by atoms with Gasteiger partial charge in [-0.1, -0.05) is 27.7 Å². The number of ether oxygens (including phenoxy) is 1. The Bertz CT molecular complexity index is 418. The molecule has 6 heteroatoms. The molecular formula is C11H15BrN2O2S. The Kier molecular flexibility index (Phi) is 4.64. The highest BCUT2D eigenvalue weighted by Gasteiger charge is 2.31. The van der Waals surface area contributed by atoms with Crippen molar-refractivity contribution in [3.63, 3.8) is 0 Å². The smallest absolute Gasteiger partial charge is 0.251 e. The lowest BCUT2D eigenvalue weighted by Crippen LogP contribution is -2.33. The van der Waals surface area contributed by atoms with E-state index in [4.69, 9.17) is 4.74 Å². The monoisotopic (exact) mass is 318 g/mol. The summed E-state index contributed by atoms with van der Waals surface area (Å²) in [5, 5.41) is 1.66. The summed E-state index contributed by atoms with van der Waals surface area (Å²) in [5.74, 6) is 0.953. The second kappa shape index (κ2) is 6.02. The van der Waals surface area contributed by atoms with Gasteiger partial charge in [0.25, 0.3) is 5.56 Å². The Morgan fingerprint density at radius 3 is 2.94 bits per heavy atom. The molecule has 0 atom stereocenters. The maximum atomic E-state index is 11.2. The summed E-state index contributed by atoms with van der Waals surface area (Å²) in [6, 6.07) is 1.43. The van der Waals surface area contributed by atoms with E-state index in [-0.39, 0.29) is 11.0 Å². The van der Waals surface area contributed by atoms with Crippen LogP contribution in [0.4, 0.5) is 0 Å². The van der Waals surface area contributed by atoms with E-state index in [1.807, 2.05) is 0 Å². The minimum atomic E-state index is -0.0950. The second-order valence-corrected chi connectivity index (χ2v) is 5.80. The molecule has 1 N–H and O–H groups in total. The third kappa shape index (κ3) is 3.56. The molecule has 1 aliphatic rings. The Hall–Kier alpha value is -0.330. The van der Waals surface area contributed by atoms with E-state index in [0.29, 0.717) is 5.16 Å². The first-order chi connectivity index (χ1) is 8.24. The van der Waals surface area contributed by atoms with Crippen LogP contribution in [0.25, 0.3) is 0 Å². The van der Waals surface area contributed by atoms with Gasteiger partial charge in [0, 0.05) is 36.6 Å². The van der Waals surface area contributed by atoms with Crippen LogP contribution in [0.3, 0.4) is 0 Å². The first-order valence-corrected chi connectivity index (χ1v) is 7.67. The minimum absolute atomic E-state index is 0.0950. The fourth-order valence-electron chi connectivity index (χ4n) is 1.77. The van der Waals surface area contributed by atoms with Gasteiger partial charge in [-0.15, -0.1) is 0 Å². The van der Waals surface area contributed by atoms with Gasteiger partial charge >= 0.3 is 0 Å². The lowest BCUT2D eigenvalue weighted by Gasteiger charge is -2.35. The Morgan fingerprint density at radius 1 is 1.53 bits per heavy atom. The predicted molar refractivity (Wildman–Crippen MR) is 71.9 cm³/mol. The van der Waals surface area contributed by atoms with Crippen LogP contribution < -0.4 is 5.56 Å². The quantitative estimate of drug-likeness (QED) is 0.524. The number of H-pyrrole nitrogens is 1. The van der Waals surface area contributed by atoms with Crippen molar-refractivity contribution in [2.75, 3.05) is 24.3 Å². The van der Waals surface area contributed by atoms with Crippen molar-refractivity contribution in [2.24, 2.45) is 5.41 Å². The molecule has 0 amide bonds. The van der Waals surface area contributed by atoms with Crippen LogP contribution >= 0.6 is 27.7 Å². The third-order valence-corrected chi connectivity index (χ3v) is 5.43. The third-order valence-electron chi connectivity index (χ3n) is 3.00. The van der Waals surface area contributed by atoms with Crippen molar-refractivity contribution in [3.8, 4) is 0 Å². The van der Waals surface area contributed by atoms with E-state index < -0.39 is 0 Å². The molecule has 1 aromatic heterocycles. The van der Waals surface area contributed by atoms with Crippen LogP contribution in [0.2, 0.25) is 0 Å². The molecule has 0 spiro atoms. The number of hydrogen-bond donors (Lipinski definition) is 1. The molecule has 2 heterocycles. The lowest BCUT2D eigenvalue weighted by atomic mass is 9.85. The first kappa shape index (κ1) is 13.1. The molecule has 1 saturated heterocycles. The summed E-state index contributed by atoms with van der Waals surface area (Å²) in [4.78, 5) is 18.0. The van der Waals surface area contributed by atoms with Gasteiger partial charge in [-0.05, 0) is 18.3 Å². The molecule has 1 aromatic rings. The summed E-state index contributed by atoms with van der Waals surface area (Å²) in [7, 11) is 0. The first-order valence-electron chi connectivity index (χ1n) is 5.56. The Balaban J connectivity index is 1.98. The maximum absolute atomic E-state index is 11.2. The molecule has 1 fully saturated rings. The minimum Gasteiger partial charge on any atom is -0.381 e. The van der Waals surface area contributed by atoms with Crippen LogP contribution in [-0.2, 0) is 4.74 Å². The molecular weight excluding hydrogens is 304 g/mol. The average Bonchev–Trinajstić information content (AvgIpc) is 2.38. The number of nitrogens with zero attached hydrogens (tertiary/aromatic N) is 1. The Morgan fingerprint density at radius 2 is 2.29 bits per heavy atom. The largest absolute Gasteiger partial charge is 0.381 e. The molecule has 0 aliphatic carbocycles. The molecule has 0 aromatic carbocycles. The molecule has 1 aliphatic heterocycles. The number of nitrogens with one attached hydrogen (secondary N) is 1. The number of hydrogen-bond acceptors (Lipinski definition) is 4. The van der Waals surface area contributed by atoms with E-state index in [2.05, 4.69) is 25.9 Å². The van der Waals surface area contributed by atoms with Gasteiger partial charge in [0.1, 0.15) is 0 Å². The zero-order valence-corrected chi connectivity index (χ0v) is 11.8. The fourth-order valence-corrected chi connectivity index (χ4v) is 3.93. The van der Waals surface area contributed by atoms with Gasteiger partial charge in [0.05, 0.1) is 0 Å². The Labute approximate surface area is 113 Å². The summed E-state index contributed by atoms with van der Waals surface area (Å²) < 4.78 is 5.39. The van der Waals surface area contributed by atoms with Crippen molar-refractivity contribution >= 4 is 27.7 Å². The summed E-state index contributed by atoms with van der Waals surface area (Å²) in [6.45, 7) is 1.65. The van der Waals surface area contributed by atoms with Crippen LogP contribution in [0.5, 0.6) is 0 Å². The molecule has 17 heavy (non-hydrogen) atoms. The van der Waals surface area contributed by atoms with Crippen molar-refractivity contribution in [1.29, 1.82) is 0 Å². The molecule has 94 valence electrons. The van der Waals surface area contributed by atoms with Crippen molar-refractivity contribution in [3.05, 3.63) is 22.6 Å². The average molecular weight is 319 g/mol. The molecule has 0 radical (unpaired) electrons. The van der Waals surface area contributed by atoms with Gasteiger partial charge in [-0.2, -0.15) is 0 Å². The maximum Gasteiger partial charge on any atom is 0.251 e. The summed E-state index contributed by atoms with van der Waals surface area (Å²) in [5.41, 5.74) is 0.166. The van der Waals surface area contributed by atoms with Crippen LogP contribution in [-0.4, -0.2) is 34.3 Å². The second-order valence-electron chi connectivity index (χ2n) is 4.27. The van der Waals surface area contributed by atoms with Gasteiger partial charge in [-0.25, -0.2) is 4.98 Å². The van der Waals surface area contributed by atoms with E-state index in [1.54, 1.807) is 18.0 Å². The van der Waals surface area contributed by atoms with Crippen LogP contribution in [0.1, 0.15) is 12.8 Å². The van der Waals surface area contributed by atoms with E-state index >= 15 is 0 Å². The van der Waals surface area contributed by atoms with Gasteiger partial charge in [0.2, 0.25) is 0 Å². The molecule has 2 rings (SSSR count). The van der Waals surface area contributed by atoms with Crippen LogP contribution in [0.15, 0.2) is 22.2 Å². The van der Waals surface area contributed by atoms with E-state index in [0.717, 1.165) is 37.1 Å². The summed E-state index contributed by atoms with van der Waals surface area (Å²) in [6.07, 6.45) is 3.66. The molecule has 0 unspecified atom stereocenters. The molecule has 4 nitrogen and oxygen atoms in total. The highest BCUT2D eigenvalue weighted by Crippen LogP contribution is 2.37. The van der Waals surface area contributed by atoms with Gasteiger partial charge in [0.15, 0.2) is 5.16 Å². The number of aromatic nitrogens is 2. The standard InChI is InChI=1S/C11H15BrN2O2S/c12-7-11(2-5-16-6-3-11)8-17-10-13-4-1-9(15)14-10/h1,4H,2-3,5-8H2,(H,13,14,15). The van der Waals surface area contributed by atoms with Crippen molar-refractivity contribution in [2.45, 2.75) is 18.0 Å². The number of rotatable bonds is 4. The normalized spacial score (nSPS) is 19.1. The zero-order valence-electron chi connectivity index (χ0n) is 9.45. The topological polar surface area (TPSA) is 55.0 Å². The van der Waals surface area contributed by atoms with Gasteiger partial charge < -0.3 is 9.72 Å². The highest BCUT2D eigenvalue weighted by atomic mass is 79.9. The summed E-state index contributed by atoms with van der Waals surface area (Å²) >= 11 is 5.21. The van der Waals surface area contributed by atoms with Crippen LogP contribution in [0, 0.1) is 5.41 Å². The predicted octanol–water partition coefficient (Wildman–Crippen LogP) is 2.05. The number of alkyl halides is 1. The van der Waals surface area contributed by atoms with E-state index in [9.17, 15) is 4.79 Å². The SMILES string of the molecule is O=c1ccnc(SCC2(CBr)CCOCC2)[nH]1. The van der Waals surface area contributed by atoms with Gasteiger partial charge in [-0.3, -0.25) is 4.79 Å². The number of halogens is 1. The number of aromatic amines is 1. The van der Waals surface area contributed by atoms with Crippen molar-refractivity contribution < 1.29 is 4.74 Å². The van der Waals surface area contributed by atoms with Crippen molar-refractivity contribution in [1.82, 2.24) is 9.97 Å². The zero-order chi connectivity index (χ0) is 12.1. The lowest BCUT2D eigenvalue weighted by molar-refractivity contribution is 0.0374. The molecule has 0 saturated carbocycles.